The molecule has 0 bridgehead atoms. The first-order chi connectivity index (χ1) is 6.57. The van der Waals surface area contributed by atoms with Crippen LogP contribution in [0.25, 0.3) is 0 Å². The average molecular weight is 300 g/mol. The second-order valence-electron chi connectivity index (χ2n) is 4.94. The van der Waals surface area contributed by atoms with Gasteiger partial charge < -0.3 is 0 Å². The van der Waals surface area contributed by atoms with Crippen molar-refractivity contribution >= 4 is 26.0 Å². The highest BCUT2D eigenvalue weighted by Gasteiger charge is 2.28. The molecule has 0 saturated heterocycles. The van der Waals surface area contributed by atoms with E-state index in [1.807, 2.05) is 34.6 Å². The Morgan fingerprint density at radius 2 is 1.73 bits per heavy atom. The first-order valence-corrected chi connectivity index (χ1v) is 7.79. The molecule has 0 rings (SSSR count). The molecule has 0 saturated carbocycles. The largest absolute Gasteiger partial charge is 0.212 e. The Bertz CT molecular complexity index is 284. The van der Waals surface area contributed by atoms with Crippen LogP contribution in [0, 0.1) is 5.92 Å². The van der Waals surface area contributed by atoms with E-state index in [4.69, 9.17) is 0 Å². The Morgan fingerprint density at radius 3 is 2.07 bits per heavy atom. The lowest BCUT2D eigenvalue weighted by molar-refractivity contribution is 0.451. The van der Waals surface area contributed by atoms with Crippen LogP contribution in [0.5, 0.6) is 0 Å². The lowest BCUT2D eigenvalue weighted by Crippen LogP contribution is -2.49. The third kappa shape index (κ3) is 6.53. The molecule has 0 aliphatic rings. The summed E-state index contributed by atoms with van der Waals surface area (Å²) in [7, 11) is -3.16. The zero-order valence-electron chi connectivity index (χ0n) is 10.2. The Morgan fingerprint density at radius 1 is 1.27 bits per heavy atom. The van der Waals surface area contributed by atoms with Gasteiger partial charge in [-0.1, -0.05) is 36.7 Å². The molecular weight excluding hydrogens is 278 g/mol. The third-order valence-electron chi connectivity index (χ3n) is 2.38. The summed E-state index contributed by atoms with van der Waals surface area (Å²) in [5, 5.41) is 0. The van der Waals surface area contributed by atoms with Crippen LogP contribution in [0.1, 0.15) is 41.0 Å². The molecule has 0 aromatic heterocycles. The standard InChI is InChI=1S/C10H22BrNO2S/c1-8(2)6-7-15(13,14)12-10(4,5)9(3)11/h8-9,12H,6-7H2,1-5H3. The fourth-order valence-corrected chi connectivity index (χ4v) is 3.05. The Hall–Kier alpha value is 0.390. The van der Waals surface area contributed by atoms with Crippen LogP contribution in [0.2, 0.25) is 0 Å². The number of rotatable bonds is 6. The fourth-order valence-electron chi connectivity index (χ4n) is 0.924. The number of hydrogen-bond donors (Lipinski definition) is 1. The maximum atomic E-state index is 11.7. The van der Waals surface area contributed by atoms with Crippen molar-refractivity contribution in [1.82, 2.24) is 4.72 Å². The molecule has 0 aromatic carbocycles. The van der Waals surface area contributed by atoms with E-state index in [2.05, 4.69) is 20.7 Å². The van der Waals surface area contributed by atoms with Crippen LogP contribution in [0.4, 0.5) is 0 Å². The normalized spacial score (nSPS) is 15.7. The lowest BCUT2D eigenvalue weighted by atomic mass is 10.0. The first-order valence-electron chi connectivity index (χ1n) is 5.22. The first kappa shape index (κ1) is 15.4. The van der Waals surface area contributed by atoms with Crippen LogP contribution < -0.4 is 4.72 Å². The van der Waals surface area contributed by atoms with Gasteiger partial charge in [-0.3, -0.25) is 0 Å². The van der Waals surface area contributed by atoms with Crippen molar-refractivity contribution in [2.24, 2.45) is 5.92 Å². The summed E-state index contributed by atoms with van der Waals surface area (Å²) in [4.78, 5) is 0.0961. The SMILES string of the molecule is CC(C)CCS(=O)(=O)NC(C)(C)C(C)Br. The molecule has 0 amide bonds. The fraction of sp³-hybridized carbons (Fsp3) is 1.00. The molecule has 0 heterocycles. The minimum absolute atomic E-state index is 0.0961. The van der Waals surface area contributed by atoms with Gasteiger partial charge in [0, 0.05) is 10.4 Å². The summed E-state index contributed by atoms with van der Waals surface area (Å²) in [6.45, 7) is 9.73. The molecule has 0 fully saturated rings. The smallest absolute Gasteiger partial charge is 0.212 e. The van der Waals surface area contributed by atoms with Crippen LogP contribution in [0.3, 0.4) is 0 Å². The summed E-state index contributed by atoms with van der Waals surface area (Å²) in [5.74, 6) is 0.611. The molecule has 92 valence electrons. The summed E-state index contributed by atoms with van der Waals surface area (Å²) in [6, 6.07) is 0. The average Bonchev–Trinajstić information content (AvgIpc) is 1.99. The van der Waals surface area contributed by atoms with E-state index < -0.39 is 15.6 Å². The van der Waals surface area contributed by atoms with E-state index in [-0.39, 0.29) is 10.6 Å². The van der Waals surface area contributed by atoms with E-state index >= 15 is 0 Å². The number of alkyl halides is 1. The minimum atomic E-state index is -3.16. The van der Waals surface area contributed by atoms with E-state index in [0.717, 1.165) is 0 Å². The molecule has 0 aliphatic heterocycles. The summed E-state index contributed by atoms with van der Waals surface area (Å²) in [6.07, 6.45) is 0.697. The Labute approximate surface area is 102 Å². The van der Waals surface area contributed by atoms with Gasteiger partial charge in [-0.25, -0.2) is 13.1 Å². The van der Waals surface area contributed by atoms with Gasteiger partial charge in [0.15, 0.2) is 0 Å². The molecule has 1 atom stereocenters. The Balaban J connectivity index is 4.39. The zero-order valence-corrected chi connectivity index (χ0v) is 12.6. The molecule has 0 spiro atoms. The lowest BCUT2D eigenvalue weighted by Gasteiger charge is -2.29. The van der Waals surface area contributed by atoms with Crippen molar-refractivity contribution in [3.05, 3.63) is 0 Å². The minimum Gasteiger partial charge on any atom is -0.212 e. The highest BCUT2D eigenvalue weighted by atomic mass is 79.9. The molecule has 0 aliphatic carbocycles. The zero-order chi connectivity index (χ0) is 12.3. The molecule has 3 nitrogen and oxygen atoms in total. The van der Waals surface area contributed by atoms with Gasteiger partial charge in [-0.05, 0) is 26.2 Å². The Kier molecular flexibility index (Phi) is 5.79. The predicted octanol–water partition coefficient (Wildman–Crippen LogP) is 2.51. The molecule has 1 N–H and O–H groups in total. The van der Waals surface area contributed by atoms with Crippen molar-refractivity contribution in [3.63, 3.8) is 0 Å². The van der Waals surface area contributed by atoms with Crippen molar-refractivity contribution in [3.8, 4) is 0 Å². The molecule has 5 heteroatoms. The van der Waals surface area contributed by atoms with Crippen LogP contribution in [-0.2, 0) is 10.0 Å². The van der Waals surface area contributed by atoms with Gasteiger partial charge in [-0.2, -0.15) is 0 Å². The monoisotopic (exact) mass is 299 g/mol. The van der Waals surface area contributed by atoms with Gasteiger partial charge in [0.25, 0.3) is 0 Å². The van der Waals surface area contributed by atoms with Crippen molar-refractivity contribution < 1.29 is 8.42 Å². The van der Waals surface area contributed by atoms with Crippen molar-refractivity contribution in [2.75, 3.05) is 5.75 Å². The molecular formula is C10H22BrNO2S. The van der Waals surface area contributed by atoms with Gasteiger partial charge in [0.2, 0.25) is 10.0 Å². The second kappa shape index (κ2) is 5.64. The van der Waals surface area contributed by atoms with E-state index in [0.29, 0.717) is 12.3 Å². The number of nitrogens with one attached hydrogen (secondary N) is 1. The number of sulfonamides is 1. The summed E-state index contributed by atoms with van der Waals surface area (Å²) >= 11 is 3.40. The maximum Gasteiger partial charge on any atom is 0.212 e. The van der Waals surface area contributed by atoms with Crippen LogP contribution in [-0.4, -0.2) is 24.5 Å². The van der Waals surface area contributed by atoms with Gasteiger partial charge in [-0.15, -0.1) is 0 Å². The third-order valence-corrected chi connectivity index (χ3v) is 5.13. The van der Waals surface area contributed by atoms with Crippen LogP contribution in [0.15, 0.2) is 0 Å². The van der Waals surface area contributed by atoms with E-state index in [1.54, 1.807) is 0 Å². The van der Waals surface area contributed by atoms with Gasteiger partial charge in [0.1, 0.15) is 0 Å². The van der Waals surface area contributed by atoms with Gasteiger partial charge in [0.05, 0.1) is 5.75 Å². The van der Waals surface area contributed by atoms with Crippen molar-refractivity contribution in [1.29, 1.82) is 0 Å². The molecule has 0 aromatic rings. The second-order valence-corrected chi connectivity index (χ2v) is 8.16. The highest BCUT2D eigenvalue weighted by molar-refractivity contribution is 9.09. The molecule has 0 radical (unpaired) electrons. The number of halogens is 1. The maximum absolute atomic E-state index is 11.7. The highest BCUT2D eigenvalue weighted by Crippen LogP contribution is 2.18. The van der Waals surface area contributed by atoms with Crippen molar-refractivity contribution in [2.45, 2.75) is 51.4 Å². The summed E-state index contributed by atoms with van der Waals surface area (Å²) < 4.78 is 26.2. The molecule has 1 unspecified atom stereocenters. The molecule has 15 heavy (non-hydrogen) atoms. The summed E-state index contributed by atoms with van der Waals surface area (Å²) in [5.41, 5.74) is -0.449. The topological polar surface area (TPSA) is 46.2 Å². The quantitative estimate of drug-likeness (QED) is 0.766. The predicted molar refractivity (Wildman–Crippen MR) is 68.8 cm³/mol. The van der Waals surface area contributed by atoms with E-state index in [1.165, 1.54) is 0 Å². The van der Waals surface area contributed by atoms with E-state index in [9.17, 15) is 8.42 Å². The number of hydrogen-bond acceptors (Lipinski definition) is 2. The van der Waals surface area contributed by atoms with Gasteiger partial charge >= 0.3 is 0 Å². The van der Waals surface area contributed by atoms with Crippen LogP contribution >= 0.6 is 15.9 Å².